The summed E-state index contributed by atoms with van der Waals surface area (Å²) in [5, 5.41) is 8.60. The van der Waals surface area contributed by atoms with E-state index in [1.807, 2.05) is 0 Å². The number of carbonyl (C=O) groups is 1. The molecule has 2 aromatic rings. The Balaban J connectivity index is 1.95. The molecule has 0 radical (unpaired) electrons. The van der Waals surface area contributed by atoms with Crippen molar-refractivity contribution in [2.45, 2.75) is 31.8 Å². The van der Waals surface area contributed by atoms with Gasteiger partial charge in [0.15, 0.2) is 0 Å². The number of benzene rings is 1. The average Bonchev–Trinajstić information content (AvgIpc) is 3.07. The third kappa shape index (κ3) is 4.02. The van der Waals surface area contributed by atoms with Gasteiger partial charge in [-0.1, -0.05) is 0 Å². The zero-order valence-corrected chi connectivity index (χ0v) is 13.4. The van der Waals surface area contributed by atoms with E-state index in [1.165, 1.54) is 0 Å². The summed E-state index contributed by atoms with van der Waals surface area (Å²) in [6, 6.07) is 5.68. The SMILES string of the molecule is O=C(O)C=Cc1c(F)cc(-c2cccnc2OC2CCCC2)cc1F. The number of carboxylic acid groups (broad SMARTS) is 1. The molecule has 3 rings (SSSR count). The van der Waals surface area contributed by atoms with Crippen LogP contribution in [0.25, 0.3) is 17.2 Å². The molecule has 0 unspecified atom stereocenters. The summed E-state index contributed by atoms with van der Waals surface area (Å²) in [4.78, 5) is 14.7. The highest BCUT2D eigenvalue weighted by molar-refractivity contribution is 5.85. The fourth-order valence-electron chi connectivity index (χ4n) is 2.92. The molecule has 4 nitrogen and oxygen atoms in total. The molecule has 130 valence electrons. The van der Waals surface area contributed by atoms with Gasteiger partial charge in [-0.2, -0.15) is 0 Å². The Bertz CT molecular complexity index is 791. The van der Waals surface area contributed by atoms with Crippen LogP contribution in [-0.2, 0) is 4.79 Å². The molecule has 0 spiro atoms. The van der Waals surface area contributed by atoms with Crippen LogP contribution in [0.5, 0.6) is 5.88 Å². The summed E-state index contributed by atoms with van der Waals surface area (Å²) in [5.41, 5.74) is 0.401. The summed E-state index contributed by atoms with van der Waals surface area (Å²) in [5.74, 6) is -2.62. The lowest BCUT2D eigenvalue weighted by molar-refractivity contribution is -0.131. The number of carboxylic acids is 1. The molecule has 0 atom stereocenters. The van der Waals surface area contributed by atoms with Gasteiger partial charge in [-0.15, -0.1) is 0 Å². The molecule has 1 saturated carbocycles. The van der Waals surface area contributed by atoms with Gasteiger partial charge in [0.2, 0.25) is 5.88 Å². The zero-order chi connectivity index (χ0) is 17.8. The first-order valence-corrected chi connectivity index (χ1v) is 8.06. The lowest BCUT2D eigenvalue weighted by atomic mass is 10.0. The largest absolute Gasteiger partial charge is 0.478 e. The van der Waals surface area contributed by atoms with Crippen LogP contribution in [0.4, 0.5) is 8.78 Å². The lowest BCUT2D eigenvalue weighted by Gasteiger charge is -2.15. The van der Waals surface area contributed by atoms with Crippen molar-refractivity contribution in [1.82, 2.24) is 4.98 Å². The summed E-state index contributed by atoms with van der Waals surface area (Å²) in [6.45, 7) is 0. The third-order valence-corrected chi connectivity index (χ3v) is 4.13. The molecule has 25 heavy (non-hydrogen) atoms. The van der Waals surface area contributed by atoms with Crippen LogP contribution in [0.2, 0.25) is 0 Å². The quantitative estimate of drug-likeness (QED) is 0.814. The topological polar surface area (TPSA) is 59.4 Å². The Morgan fingerprint density at radius 1 is 1.24 bits per heavy atom. The number of ether oxygens (including phenoxy) is 1. The van der Waals surface area contributed by atoms with Crippen LogP contribution < -0.4 is 4.74 Å². The second-order valence-electron chi connectivity index (χ2n) is 5.91. The standard InChI is InChI=1S/C19H17F2NO3/c20-16-10-12(11-17(21)15(16)7-8-18(23)24)14-6-3-9-22-19(14)25-13-4-1-2-5-13/h3,6-11,13H,1-2,4-5H2,(H,23,24). The molecule has 6 heteroatoms. The molecule has 0 amide bonds. The zero-order valence-electron chi connectivity index (χ0n) is 13.4. The second kappa shape index (κ2) is 7.42. The predicted molar refractivity (Wildman–Crippen MR) is 89.1 cm³/mol. The van der Waals surface area contributed by atoms with E-state index < -0.39 is 23.2 Å². The van der Waals surface area contributed by atoms with E-state index in [1.54, 1.807) is 18.3 Å². The van der Waals surface area contributed by atoms with Crippen molar-refractivity contribution in [3.05, 3.63) is 53.7 Å². The first kappa shape index (κ1) is 17.1. The van der Waals surface area contributed by atoms with Gasteiger partial charge in [0.1, 0.15) is 17.7 Å². The first-order chi connectivity index (χ1) is 12.0. The van der Waals surface area contributed by atoms with Crippen LogP contribution in [0, 0.1) is 11.6 Å². The molecule has 1 aliphatic carbocycles. The number of hydrogen-bond donors (Lipinski definition) is 1. The lowest BCUT2D eigenvalue weighted by Crippen LogP contribution is -2.12. The molecule has 0 saturated heterocycles. The minimum atomic E-state index is -1.28. The van der Waals surface area contributed by atoms with Gasteiger partial charge in [-0.05, 0) is 61.6 Å². The van der Waals surface area contributed by atoms with E-state index in [4.69, 9.17) is 9.84 Å². The van der Waals surface area contributed by atoms with E-state index in [2.05, 4.69) is 4.98 Å². The normalized spacial score (nSPS) is 15.0. The van der Waals surface area contributed by atoms with Gasteiger partial charge < -0.3 is 9.84 Å². The van der Waals surface area contributed by atoms with E-state index >= 15 is 0 Å². The molecule has 1 fully saturated rings. The average molecular weight is 345 g/mol. The molecule has 0 bridgehead atoms. The van der Waals surface area contributed by atoms with Crippen LogP contribution in [0.3, 0.4) is 0 Å². The fourth-order valence-corrected chi connectivity index (χ4v) is 2.92. The monoisotopic (exact) mass is 345 g/mol. The van der Waals surface area contributed by atoms with Crippen LogP contribution in [0.15, 0.2) is 36.5 Å². The number of hydrogen-bond acceptors (Lipinski definition) is 3. The molecule has 1 N–H and O–H groups in total. The Labute approximate surface area is 143 Å². The maximum Gasteiger partial charge on any atom is 0.328 e. The van der Waals surface area contributed by atoms with Crippen LogP contribution in [-0.4, -0.2) is 22.2 Å². The fraction of sp³-hybridized carbons (Fsp3) is 0.263. The Morgan fingerprint density at radius 2 is 1.92 bits per heavy atom. The molecule has 1 aliphatic rings. The van der Waals surface area contributed by atoms with Crippen LogP contribution >= 0.6 is 0 Å². The first-order valence-electron chi connectivity index (χ1n) is 8.06. The van der Waals surface area contributed by atoms with E-state index in [9.17, 15) is 13.6 Å². The highest BCUT2D eigenvalue weighted by Gasteiger charge is 2.20. The molecule has 1 heterocycles. The van der Waals surface area contributed by atoms with Gasteiger partial charge in [-0.3, -0.25) is 0 Å². The maximum absolute atomic E-state index is 14.2. The number of halogens is 2. The highest BCUT2D eigenvalue weighted by atomic mass is 19.1. The summed E-state index contributed by atoms with van der Waals surface area (Å²) in [7, 11) is 0. The van der Waals surface area contributed by atoms with Crippen molar-refractivity contribution in [3.8, 4) is 17.0 Å². The second-order valence-corrected chi connectivity index (χ2v) is 5.91. The molecule has 0 aliphatic heterocycles. The predicted octanol–water partition coefficient (Wildman–Crippen LogP) is 4.45. The van der Waals surface area contributed by atoms with Crippen molar-refractivity contribution in [2.75, 3.05) is 0 Å². The molecule has 1 aromatic heterocycles. The highest BCUT2D eigenvalue weighted by Crippen LogP contribution is 2.33. The minimum Gasteiger partial charge on any atom is -0.478 e. The van der Waals surface area contributed by atoms with Gasteiger partial charge in [0.25, 0.3) is 0 Å². The van der Waals surface area contributed by atoms with Crippen molar-refractivity contribution in [1.29, 1.82) is 0 Å². The van der Waals surface area contributed by atoms with Gasteiger partial charge >= 0.3 is 5.97 Å². The van der Waals surface area contributed by atoms with Gasteiger partial charge in [0.05, 0.1) is 0 Å². The minimum absolute atomic E-state index is 0.0705. The van der Waals surface area contributed by atoms with Gasteiger partial charge in [-0.25, -0.2) is 18.6 Å². The summed E-state index contributed by atoms with van der Waals surface area (Å²) < 4.78 is 34.4. The number of nitrogens with zero attached hydrogens (tertiary/aromatic N) is 1. The summed E-state index contributed by atoms with van der Waals surface area (Å²) in [6.07, 6.45) is 7.32. The Morgan fingerprint density at radius 3 is 2.56 bits per heavy atom. The van der Waals surface area contributed by atoms with E-state index in [0.29, 0.717) is 23.1 Å². The third-order valence-electron chi connectivity index (χ3n) is 4.13. The van der Waals surface area contributed by atoms with E-state index in [0.717, 1.165) is 43.9 Å². The van der Waals surface area contributed by atoms with Crippen molar-refractivity contribution in [2.24, 2.45) is 0 Å². The van der Waals surface area contributed by atoms with Crippen LogP contribution in [0.1, 0.15) is 31.2 Å². The Kier molecular flexibility index (Phi) is 5.07. The number of aromatic nitrogens is 1. The smallest absolute Gasteiger partial charge is 0.328 e. The summed E-state index contributed by atoms with van der Waals surface area (Å²) >= 11 is 0. The van der Waals surface area contributed by atoms with Gasteiger partial charge in [0, 0.05) is 23.4 Å². The number of pyridine rings is 1. The van der Waals surface area contributed by atoms with Crippen molar-refractivity contribution < 1.29 is 23.4 Å². The molecule has 1 aromatic carbocycles. The Hall–Kier alpha value is -2.76. The van der Waals surface area contributed by atoms with Crippen molar-refractivity contribution in [3.63, 3.8) is 0 Å². The van der Waals surface area contributed by atoms with Crippen molar-refractivity contribution >= 4 is 12.0 Å². The molecular formula is C19H17F2NO3. The molecular weight excluding hydrogens is 328 g/mol. The van der Waals surface area contributed by atoms with E-state index in [-0.39, 0.29) is 6.10 Å². The number of aliphatic carboxylic acids is 1. The maximum atomic E-state index is 14.2. The number of rotatable bonds is 5.